The number of phenols is 2. The molecule has 1 aromatic heterocycles. The number of ether oxygens (including phenoxy) is 1. The van der Waals surface area contributed by atoms with Crippen molar-refractivity contribution in [1.82, 2.24) is 15.1 Å². The lowest BCUT2D eigenvalue weighted by atomic mass is 9.88. The fraction of sp³-hybridized carbons (Fsp3) is 0.310. The van der Waals surface area contributed by atoms with Crippen LogP contribution in [-0.4, -0.2) is 76.5 Å². The molecule has 3 N–H and O–H groups in total. The number of benzene rings is 4. The van der Waals surface area contributed by atoms with Gasteiger partial charge >= 0.3 is 0 Å². The maximum atomic E-state index is 13.1. The quantitative estimate of drug-likeness (QED) is 0.149. The molecule has 4 aromatic carbocycles. The SMILES string of the molecule is O=C1CCC(N2Cc3cc(N4CC(CN5CCC(c6ccc(Oc7c(-c8ccc(O)cc8)sc8cc(O)ccc78)cc6)CC5)C4)ccc3C2=O)C(=O)N1. The number of anilines is 1. The van der Waals surface area contributed by atoms with Gasteiger partial charge in [-0.25, -0.2) is 0 Å². The number of phenolic OH excluding ortho intramolecular Hbond substituents is 2. The van der Waals surface area contributed by atoms with Crippen LogP contribution in [0.3, 0.4) is 0 Å². The van der Waals surface area contributed by atoms with Crippen LogP contribution in [0.25, 0.3) is 20.5 Å². The Hall–Kier alpha value is -5.39. The Morgan fingerprint density at radius 1 is 0.830 bits per heavy atom. The van der Waals surface area contributed by atoms with Crippen LogP contribution >= 0.6 is 11.3 Å². The lowest BCUT2D eigenvalue weighted by Gasteiger charge is -2.44. The van der Waals surface area contributed by atoms with Gasteiger partial charge in [0, 0.05) is 59.9 Å². The zero-order valence-electron chi connectivity index (χ0n) is 29.2. The maximum absolute atomic E-state index is 13.1. The van der Waals surface area contributed by atoms with Crippen LogP contribution in [0.15, 0.2) is 84.9 Å². The zero-order chi connectivity index (χ0) is 36.2. The molecular formula is C42H40N4O6S. The van der Waals surface area contributed by atoms with E-state index in [-0.39, 0.29) is 35.6 Å². The van der Waals surface area contributed by atoms with Crippen molar-refractivity contribution in [3.05, 3.63) is 102 Å². The number of likely N-dealkylation sites (tertiary alicyclic amines) is 1. The second kappa shape index (κ2) is 13.5. The Balaban J connectivity index is 0.777. The molecule has 270 valence electrons. The van der Waals surface area contributed by atoms with Crippen LogP contribution in [0.1, 0.15) is 53.1 Å². The molecule has 0 bridgehead atoms. The summed E-state index contributed by atoms with van der Waals surface area (Å²) >= 11 is 1.55. The van der Waals surface area contributed by atoms with Crippen LogP contribution in [0.4, 0.5) is 5.69 Å². The van der Waals surface area contributed by atoms with Gasteiger partial charge in [-0.1, -0.05) is 12.1 Å². The summed E-state index contributed by atoms with van der Waals surface area (Å²) in [5.74, 6) is 2.24. The van der Waals surface area contributed by atoms with Crippen LogP contribution in [0, 0.1) is 5.92 Å². The van der Waals surface area contributed by atoms with Gasteiger partial charge in [-0.2, -0.15) is 0 Å². The van der Waals surface area contributed by atoms with E-state index in [0.717, 1.165) is 88.8 Å². The van der Waals surface area contributed by atoms with Crippen molar-refractivity contribution in [1.29, 1.82) is 0 Å². The van der Waals surface area contributed by atoms with Crippen molar-refractivity contribution in [2.24, 2.45) is 5.92 Å². The Labute approximate surface area is 311 Å². The highest BCUT2D eigenvalue weighted by Crippen LogP contribution is 2.47. The van der Waals surface area contributed by atoms with E-state index in [1.807, 2.05) is 30.3 Å². The van der Waals surface area contributed by atoms with Crippen LogP contribution in [0.2, 0.25) is 0 Å². The third-order valence-corrected chi connectivity index (χ3v) is 12.4. The van der Waals surface area contributed by atoms with Gasteiger partial charge in [0.05, 0.1) is 4.88 Å². The molecule has 53 heavy (non-hydrogen) atoms. The number of hydrogen-bond acceptors (Lipinski definition) is 9. The van der Waals surface area contributed by atoms with E-state index in [1.54, 1.807) is 40.5 Å². The molecule has 0 saturated carbocycles. The van der Waals surface area contributed by atoms with Gasteiger partial charge in [0.15, 0.2) is 5.75 Å². The molecule has 3 saturated heterocycles. The molecule has 4 aliphatic heterocycles. The van der Waals surface area contributed by atoms with E-state index >= 15 is 0 Å². The molecule has 1 unspecified atom stereocenters. The largest absolute Gasteiger partial charge is 0.508 e. The molecular weight excluding hydrogens is 689 g/mol. The summed E-state index contributed by atoms with van der Waals surface area (Å²) in [4.78, 5) is 44.6. The first-order valence-electron chi connectivity index (χ1n) is 18.3. The van der Waals surface area contributed by atoms with E-state index in [9.17, 15) is 24.6 Å². The van der Waals surface area contributed by atoms with Gasteiger partial charge < -0.3 is 29.6 Å². The molecule has 0 spiro atoms. The van der Waals surface area contributed by atoms with E-state index in [0.29, 0.717) is 30.4 Å². The smallest absolute Gasteiger partial charge is 0.255 e. The number of carbonyl (C=O) groups excluding carboxylic acids is 3. The maximum Gasteiger partial charge on any atom is 0.255 e. The fourth-order valence-corrected chi connectivity index (χ4v) is 9.53. The molecule has 0 aliphatic carbocycles. The third kappa shape index (κ3) is 6.48. The van der Waals surface area contributed by atoms with Gasteiger partial charge in [-0.05, 0) is 128 Å². The number of nitrogens with one attached hydrogen (secondary N) is 1. The summed E-state index contributed by atoms with van der Waals surface area (Å²) < 4.78 is 7.46. The average Bonchev–Trinajstić information content (AvgIpc) is 3.66. The van der Waals surface area contributed by atoms with E-state index in [4.69, 9.17) is 4.74 Å². The minimum absolute atomic E-state index is 0.134. The van der Waals surface area contributed by atoms with Crippen molar-refractivity contribution in [2.45, 2.75) is 44.2 Å². The van der Waals surface area contributed by atoms with Crippen LogP contribution in [0.5, 0.6) is 23.0 Å². The monoisotopic (exact) mass is 728 g/mol. The molecule has 5 heterocycles. The number of aromatic hydroxyl groups is 2. The highest BCUT2D eigenvalue weighted by molar-refractivity contribution is 7.22. The predicted molar refractivity (Wildman–Crippen MR) is 204 cm³/mol. The summed E-state index contributed by atoms with van der Waals surface area (Å²) in [7, 11) is 0. The molecule has 11 heteroatoms. The number of amides is 3. The van der Waals surface area contributed by atoms with E-state index < -0.39 is 6.04 Å². The standard InChI is InChI=1S/C42H40N4O6S/c47-31-6-1-28(2-7-31)40-39(35-12-8-32(48)20-37(35)53-40)52-33-9-3-26(4-10-33)27-15-17-44(18-16-27)21-25-22-45(23-25)30-5-11-34-29(19-30)24-46(42(34)51)36-13-14-38(49)43-41(36)50/h1-12,19-20,25,27,36,47-48H,13-18,21-24H2,(H,43,49,50). The first-order valence-corrected chi connectivity index (χ1v) is 19.1. The number of nitrogens with zero attached hydrogens (tertiary/aromatic N) is 3. The highest BCUT2D eigenvalue weighted by Gasteiger charge is 2.40. The van der Waals surface area contributed by atoms with Crippen molar-refractivity contribution < 1.29 is 29.3 Å². The summed E-state index contributed by atoms with van der Waals surface area (Å²) in [6.45, 7) is 5.59. The summed E-state index contributed by atoms with van der Waals surface area (Å²) in [6, 6.07) is 26.3. The number of fused-ring (bicyclic) bond motifs is 2. The number of carbonyl (C=O) groups is 3. The first-order chi connectivity index (χ1) is 25.8. The second-order valence-corrected chi connectivity index (χ2v) is 15.8. The summed E-state index contributed by atoms with van der Waals surface area (Å²) in [5, 5.41) is 23.2. The number of imide groups is 1. The normalized spacial score (nSPS) is 19.8. The van der Waals surface area contributed by atoms with Gasteiger partial charge in [0.25, 0.3) is 5.91 Å². The lowest BCUT2D eigenvalue weighted by molar-refractivity contribution is -0.136. The summed E-state index contributed by atoms with van der Waals surface area (Å²) in [5.41, 5.74) is 4.99. The fourth-order valence-electron chi connectivity index (χ4n) is 8.36. The summed E-state index contributed by atoms with van der Waals surface area (Å²) in [6.07, 6.45) is 2.85. The zero-order valence-corrected chi connectivity index (χ0v) is 30.0. The molecule has 5 aromatic rings. The topological polar surface area (TPSA) is 123 Å². The van der Waals surface area contributed by atoms with Gasteiger partial charge in [-0.15, -0.1) is 11.3 Å². The Morgan fingerprint density at radius 2 is 1.58 bits per heavy atom. The van der Waals surface area contributed by atoms with Crippen molar-refractivity contribution in [3.8, 4) is 33.4 Å². The lowest BCUT2D eigenvalue weighted by Crippen LogP contribution is -2.52. The Morgan fingerprint density at radius 3 is 2.34 bits per heavy atom. The molecule has 4 aliphatic rings. The Kier molecular flexibility index (Phi) is 8.55. The molecule has 0 radical (unpaired) electrons. The van der Waals surface area contributed by atoms with Crippen LogP contribution < -0.4 is 15.0 Å². The molecule has 1 atom stereocenters. The van der Waals surface area contributed by atoms with Gasteiger partial charge in [0.1, 0.15) is 23.3 Å². The average molecular weight is 729 g/mol. The first kappa shape index (κ1) is 33.4. The molecule has 10 nitrogen and oxygen atoms in total. The number of rotatable bonds is 8. The van der Waals surface area contributed by atoms with Crippen molar-refractivity contribution in [3.63, 3.8) is 0 Å². The van der Waals surface area contributed by atoms with E-state index in [1.165, 1.54) is 5.56 Å². The molecule has 9 rings (SSSR count). The van der Waals surface area contributed by atoms with E-state index in [2.05, 4.69) is 45.4 Å². The second-order valence-electron chi connectivity index (χ2n) is 14.7. The predicted octanol–water partition coefficient (Wildman–Crippen LogP) is 6.85. The minimum atomic E-state index is -0.594. The third-order valence-electron chi connectivity index (χ3n) is 11.3. The number of piperidine rings is 2. The molecule has 3 amide bonds. The Bertz CT molecular complexity index is 2220. The highest BCUT2D eigenvalue weighted by atomic mass is 32.1. The van der Waals surface area contributed by atoms with Crippen molar-refractivity contribution in [2.75, 3.05) is 37.6 Å². The molecule has 3 fully saturated rings. The number of hydrogen-bond donors (Lipinski definition) is 3. The van der Waals surface area contributed by atoms with Gasteiger partial charge in [-0.3, -0.25) is 19.7 Å². The van der Waals surface area contributed by atoms with Crippen molar-refractivity contribution >= 4 is 44.8 Å². The number of thiophene rings is 1. The minimum Gasteiger partial charge on any atom is -0.508 e. The van der Waals surface area contributed by atoms with Gasteiger partial charge in [0.2, 0.25) is 11.8 Å². The van der Waals surface area contributed by atoms with Crippen LogP contribution in [-0.2, 0) is 16.1 Å².